The first-order valence-electron chi connectivity index (χ1n) is 11.3. The van der Waals surface area contributed by atoms with Crippen LogP contribution in [0.1, 0.15) is 40.5 Å². The van der Waals surface area contributed by atoms with Crippen molar-refractivity contribution >= 4 is 33.4 Å². The van der Waals surface area contributed by atoms with Crippen molar-refractivity contribution < 1.29 is 17.8 Å². The summed E-state index contributed by atoms with van der Waals surface area (Å²) in [4.78, 5) is 22.9. The second-order valence-corrected chi connectivity index (χ2v) is 11.8. The molecule has 1 fully saturated rings. The summed E-state index contributed by atoms with van der Waals surface area (Å²) >= 11 is 0. The van der Waals surface area contributed by atoms with E-state index in [9.17, 15) is 17.8 Å². The molecule has 0 spiro atoms. The number of benzene rings is 1. The lowest BCUT2D eigenvalue weighted by atomic mass is 9.80. The van der Waals surface area contributed by atoms with Crippen molar-refractivity contribution in [2.24, 2.45) is 0 Å². The highest BCUT2D eigenvalue weighted by Crippen LogP contribution is 2.32. The lowest BCUT2D eigenvalue weighted by Gasteiger charge is -2.46. The Balaban J connectivity index is 0.000000623. The Kier molecular flexibility index (Phi) is 7.53. The number of rotatable bonds is 5. The molecule has 2 aromatic heterocycles. The van der Waals surface area contributed by atoms with Gasteiger partial charge in [0.05, 0.1) is 10.6 Å². The normalized spacial score (nSPS) is 17.3. The average molecular weight is 503 g/mol. The highest BCUT2D eigenvalue weighted by Gasteiger charge is 2.37. The second-order valence-electron chi connectivity index (χ2n) is 10.4. The minimum absolute atomic E-state index is 0.0125. The zero-order chi connectivity index (χ0) is 26.0. The van der Waals surface area contributed by atoms with Crippen LogP contribution >= 0.6 is 0 Å². The Morgan fingerprint density at radius 1 is 1.14 bits per heavy atom. The van der Waals surface area contributed by atoms with Gasteiger partial charge in [-0.1, -0.05) is 6.07 Å². The van der Waals surface area contributed by atoms with Crippen LogP contribution < -0.4 is 10.6 Å². The van der Waals surface area contributed by atoms with E-state index in [1.54, 1.807) is 32.6 Å². The number of piperidine rings is 1. The van der Waals surface area contributed by atoms with Crippen LogP contribution in [0.3, 0.4) is 0 Å². The van der Waals surface area contributed by atoms with Crippen molar-refractivity contribution in [3.8, 4) is 11.3 Å². The number of fused-ring (bicyclic) bond motifs is 1. The maximum Gasteiger partial charge on any atom is 0.294 e. The molecule has 0 unspecified atom stereocenters. The summed E-state index contributed by atoms with van der Waals surface area (Å²) in [5.41, 5.74) is 2.20. The minimum Gasteiger partial charge on any atom is -0.360 e. The third-order valence-corrected chi connectivity index (χ3v) is 6.47. The van der Waals surface area contributed by atoms with Gasteiger partial charge in [0.25, 0.3) is 10.1 Å². The third kappa shape index (κ3) is 7.00. The summed E-state index contributed by atoms with van der Waals surface area (Å²) in [6.45, 7) is 8.80. The molecule has 11 heteroatoms. The number of aromatic amines is 1. The monoisotopic (exact) mass is 502 g/mol. The van der Waals surface area contributed by atoms with E-state index in [2.05, 4.69) is 48.3 Å². The van der Waals surface area contributed by atoms with E-state index in [4.69, 9.17) is 4.98 Å². The van der Waals surface area contributed by atoms with Crippen molar-refractivity contribution in [3.05, 3.63) is 36.7 Å². The van der Waals surface area contributed by atoms with Crippen molar-refractivity contribution in [1.29, 1.82) is 0 Å². The smallest absolute Gasteiger partial charge is 0.294 e. The fraction of sp³-hybridized carbons (Fsp3) is 0.458. The van der Waals surface area contributed by atoms with E-state index in [1.165, 1.54) is 17.0 Å². The molecule has 1 amide bonds. The molecule has 0 bridgehead atoms. The molecule has 0 radical (unpaired) electrons. The highest BCUT2D eigenvalue weighted by molar-refractivity contribution is 7.85. The van der Waals surface area contributed by atoms with Gasteiger partial charge >= 0.3 is 0 Å². The van der Waals surface area contributed by atoms with E-state index in [-0.39, 0.29) is 22.0 Å². The zero-order valence-corrected chi connectivity index (χ0v) is 21.8. The molecular formula is C24H34N6O4S. The predicted molar refractivity (Wildman–Crippen MR) is 137 cm³/mol. The highest BCUT2D eigenvalue weighted by atomic mass is 32.2. The number of H-pyrrole nitrogens is 1. The number of nitrogens with one attached hydrogen (secondary N) is 3. The van der Waals surface area contributed by atoms with E-state index >= 15 is 0 Å². The lowest BCUT2D eigenvalue weighted by Crippen LogP contribution is -2.60. The van der Waals surface area contributed by atoms with Gasteiger partial charge in [-0.2, -0.15) is 8.42 Å². The summed E-state index contributed by atoms with van der Waals surface area (Å²) in [7, 11) is -0.878. The SMILES string of the molecule is CC1(C)CC(Nc2nccc(-c3c[nH]c4cc(S(=O)(=O)O)ccc34)n2)CC(C)(C)N1.CN(C)C=O. The molecule has 190 valence electrons. The third-order valence-electron chi connectivity index (χ3n) is 5.62. The van der Waals surface area contributed by atoms with Crippen molar-refractivity contribution in [3.63, 3.8) is 0 Å². The molecule has 3 heterocycles. The van der Waals surface area contributed by atoms with Gasteiger partial charge in [0.15, 0.2) is 0 Å². The van der Waals surface area contributed by atoms with E-state index in [1.807, 2.05) is 6.07 Å². The molecule has 10 nitrogen and oxygen atoms in total. The Morgan fingerprint density at radius 2 is 1.77 bits per heavy atom. The predicted octanol–water partition coefficient (Wildman–Crippen LogP) is 3.30. The molecular weight excluding hydrogens is 468 g/mol. The number of hydrogen-bond acceptors (Lipinski definition) is 7. The minimum atomic E-state index is -4.25. The van der Waals surface area contributed by atoms with Gasteiger partial charge in [-0.15, -0.1) is 0 Å². The first-order valence-corrected chi connectivity index (χ1v) is 12.7. The number of aromatic nitrogens is 3. The Bertz CT molecular complexity index is 1280. The number of amides is 1. The standard InChI is InChI=1S/C21H27N5O3S.C3H7NO/c1-20(2)10-13(11-21(3,4)26-20)24-19-22-8-7-17(25-19)16-12-23-18-9-14(30(27,28)29)5-6-15(16)18;1-4(2)3-5/h5-9,12-13,23,26H,10-11H2,1-4H3,(H,22,24,25)(H,27,28,29);3H,1-2H3. The fourth-order valence-corrected chi connectivity index (χ4v) is 5.17. The van der Waals surface area contributed by atoms with E-state index in [0.29, 0.717) is 11.5 Å². The Hall–Kier alpha value is -3.02. The first kappa shape index (κ1) is 26.6. The van der Waals surface area contributed by atoms with Crippen LogP contribution in [-0.2, 0) is 14.9 Å². The van der Waals surface area contributed by atoms with Gasteiger partial charge in [-0.25, -0.2) is 9.97 Å². The lowest BCUT2D eigenvalue weighted by molar-refractivity contribution is -0.115. The molecule has 1 aliphatic heterocycles. The topological polar surface area (TPSA) is 140 Å². The van der Waals surface area contributed by atoms with Crippen LogP contribution in [-0.4, -0.2) is 70.4 Å². The fourth-order valence-electron chi connectivity index (χ4n) is 4.66. The summed E-state index contributed by atoms with van der Waals surface area (Å²) in [6.07, 6.45) is 6.15. The summed E-state index contributed by atoms with van der Waals surface area (Å²) in [5, 5.41) is 7.97. The molecule has 4 N–H and O–H groups in total. The van der Waals surface area contributed by atoms with Gasteiger partial charge in [-0.05, 0) is 58.7 Å². The van der Waals surface area contributed by atoms with Crippen molar-refractivity contribution in [2.45, 2.75) is 62.6 Å². The van der Waals surface area contributed by atoms with Gasteiger partial charge in [0, 0.05) is 60.1 Å². The number of carbonyl (C=O) groups excluding carboxylic acids is 1. The Morgan fingerprint density at radius 3 is 2.34 bits per heavy atom. The Labute approximate surface area is 206 Å². The van der Waals surface area contributed by atoms with E-state index < -0.39 is 10.1 Å². The molecule has 1 aliphatic rings. The summed E-state index contributed by atoms with van der Waals surface area (Å²) in [6, 6.07) is 6.52. The molecule has 4 rings (SSSR count). The van der Waals surface area contributed by atoms with Crippen LogP contribution in [0, 0.1) is 0 Å². The van der Waals surface area contributed by atoms with Gasteiger partial charge in [-0.3, -0.25) is 9.35 Å². The average Bonchev–Trinajstić information content (AvgIpc) is 3.15. The summed E-state index contributed by atoms with van der Waals surface area (Å²) in [5.74, 6) is 0.565. The molecule has 1 aromatic carbocycles. The largest absolute Gasteiger partial charge is 0.360 e. The number of nitrogens with zero attached hydrogens (tertiary/aromatic N) is 3. The number of carbonyl (C=O) groups is 1. The van der Waals surface area contributed by atoms with Gasteiger partial charge < -0.3 is 20.5 Å². The van der Waals surface area contributed by atoms with Gasteiger partial charge in [0.2, 0.25) is 12.4 Å². The molecule has 0 atom stereocenters. The van der Waals surface area contributed by atoms with Crippen LogP contribution in [0.25, 0.3) is 22.2 Å². The molecule has 0 saturated carbocycles. The number of anilines is 1. The maximum absolute atomic E-state index is 11.4. The van der Waals surface area contributed by atoms with Crippen molar-refractivity contribution in [2.75, 3.05) is 19.4 Å². The first-order chi connectivity index (χ1) is 16.2. The molecule has 3 aromatic rings. The van der Waals surface area contributed by atoms with Crippen LogP contribution in [0.4, 0.5) is 5.95 Å². The quantitative estimate of drug-likeness (QED) is 0.308. The van der Waals surface area contributed by atoms with E-state index in [0.717, 1.165) is 35.9 Å². The maximum atomic E-state index is 11.4. The van der Waals surface area contributed by atoms with Crippen LogP contribution in [0.2, 0.25) is 0 Å². The van der Waals surface area contributed by atoms with Crippen LogP contribution in [0.15, 0.2) is 41.6 Å². The van der Waals surface area contributed by atoms with Crippen LogP contribution in [0.5, 0.6) is 0 Å². The molecule has 0 aliphatic carbocycles. The summed E-state index contributed by atoms with van der Waals surface area (Å²) < 4.78 is 32.0. The van der Waals surface area contributed by atoms with Crippen molar-refractivity contribution in [1.82, 2.24) is 25.2 Å². The molecule has 35 heavy (non-hydrogen) atoms. The van der Waals surface area contributed by atoms with Gasteiger partial charge in [0.1, 0.15) is 0 Å². The second kappa shape index (κ2) is 9.92. The zero-order valence-electron chi connectivity index (χ0n) is 21.0. The molecule has 1 saturated heterocycles. The number of hydrogen-bond donors (Lipinski definition) is 4.